The number of amides is 2. The Balaban J connectivity index is 1.76. The van der Waals surface area contributed by atoms with Gasteiger partial charge >= 0.3 is 12.1 Å². The van der Waals surface area contributed by atoms with Crippen molar-refractivity contribution < 1.29 is 38.4 Å². The van der Waals surface area contributed by atoms with Crippen molar-refractivity contribution >= 4 is 23.7 Å². The normalized spacial score (nSPS) is 32.8. The highest BCUT2D eigenvalue weighted by Gasteiger charge is 2.80. The maximum Gasteiger partial charge on any atom is 0.414 e. The second-order valence-corrected chi connectivity index (χ2v) is 9.51. The van der Waals surface area contributed by atoms with Crippen LogP contribution in [0.3, 0.4) is 0 Å². The number of carbonyl (C=O) groups excluding carboxylic acids is 3. The van der Waals surface area contributed by atoms with E-state index in [1.165, 1.54) is 19.1 Å². The van der Waals surface area contributed by atoms with E-state index < -0.39 is 28.6 Å². The zero-order chi connectivity index (χ0) is 23.9. The number of hydrogen-bond acceptors (Lipinski definition) is 8. The molecule has 5 heterocycles. The molecule has 2 saturated heterocycles. The minimum absolute atomic E-state index is 0.0459. The molecule has 5 aliphatic heterocycles. The molecule has 3 atom stereocenters. The Morgan fingerprint density at radius 1 is 1.15 bits per heavy atom. The van der Waals surface area contributed by atoms with Crippen LogP contribution in [-0.2, 0) is 24.5 Å². The quantitative estimate of drug-likeness (QED) is 0.487. The van der Waals surface area contributed by atoms with E-state index in [0.29, 0.717) is 55.1 Å². The number of carbonyl (C=O) groups is 3. The maximum atomic E-state index is 14.3. The lowest BCUT2D eigenvalue weighted by Gasteiger charge is -2.55. The largest absolute Gasteiger partial charge is 0.467 e. The summed E-state index contributed by atoms with van der Waals surface area (Å²) in [5.74, 6) is -0.401. The molecule has 6 aliphatic rings. The standard InChI is InChI=1S/C24H26N2O8/c1-31-20(28)23(30)12-14-4-3-10-25-11-9-22(19(25)27)15-5-6-16-18(34-13-33-16)17(15)26(21(29)32-2)24(22,23)8-7-14/h5-7,30H,3-4,8-13H2,1-2H3. The van der Waals surface area contributed by atoms with Crippen LogP contribution in [0.4, 0.5) is 10.5 Å². The van der Waals surface area contributed by atoms with Gasteiger partial charge in [-0.1, -0.05) is 17.7 Å². The first-order valence-electron chi connectivity index (χ1n) is 11.4. The summed E-state index contributed by atoms with van der Waals surface area (Å²) < 4.78 is 21.7. The molecular formula is C24H26N2O8. The van der Waals surface area contributed by atoms with Gasteiger partial charge in [0, 0.05) is 19.5 Å². The van der Waals surface area contributed by atoms with Crippen LogP contribution < -0.4 is 14.4 Å². The number of ether oxygens (including phenoxy) is 4. The Labute approximate surface area is 196 Å². The van der Waals surface area contributed by atoms with Crippen molar-refractivity contribution in [2.24, 2.45) is 0 Å². The molecule has 180 valence electrons. The highest BCUT2D eigenvalue weighted by molar-refractivity contribution is 6.08. The molecule has 1 aliphatic carbocycles. The molecule has 1 aromatic carbocycles. The van der Waals surface area contributed by atoms with Crippen molar-refractivity contribution in [2.45, 2.75) is 48.7 Å². The first-order valence-corrected chi connectivity index (χ1v) is 11.4. The molecular weight excluding hydrogens is 444 g/mol. The lowest BCUT2D eigenvalue weighted by atomic mass is 9.54. The van der Waals surface area contributed by atoms with Crippen LogP contribution >= 0.6 is 0 Å². The molecule has 2 amide bonds. The zero-order valence-corrected chi connectivity index (χ0v) is 19.1. The van der Waals surface area contributed by atoms with Crippen LogP contribution in [-0.4, -0.2) is 73.2 Å². The number of hydrogen-bond donors (Lipinski definition) is 1. The zero-order valence-electron chi connectivity index (χ0n) is 19.1. The molecule has 0 aromatic heterocycles. The van der Waals surface area contributed by atoms with E-state index in [0.717, 1.165) is 5.57 Å². The first kappa shape index (κ1) is 21.3. The molecule has 1 aromatic rings. The number of rotatable bonds is 1. The van der Waals surface area contributed by atoms with E-state index in [4.69, 9.17) is 18.9 Å². The van der Waals surface area contributed by atoms with Gasteiger partial charge in [-0.05, 0) is 37.3 Å². The number of benzene rings is 1. The number of anilines is 1. The first-order chi connectivity index (χ1) is 16.4. The third kappa shape index (κ3) is 2.18. The number of methoxy groups -OCH3 is 2. The van der Waals surface area contributed by atoms with E-state index in [1.807, 2.05) is 6.08 Å². The van der Waals surface area contributed by atoms with E-state index in [2.05, 4.69) is 0 Å². The van der Waals surface area contributed by atoms with Gasteiger partial charge in [0.15, 0.2) is 17.1 Å². The Morgan fingerprint density at radius 2 is 1.97 bits per heavy atom. The molecule has 10 heteroatoms. The summed E-state index contributed by atoms with van der Waals surface area (Å²) in [6.07, 6.45) is 2.84. The van der Waals surface area contributed by atoms with Gasteiger partial charge in [-0.15, -0.1) is 0 Å². The van der Waals surface area contributed by atoms with Crippen LogP contribution in [0.1, 0.15) is 37.7 Å². The number of aliphatic hydroxyl groups is 1. The fourth-order valence-electron chi connectivity index (χ4n) is 7.00. The third-order valence-corrected chi connectivity index (χ3v) is 8.35. The van der Waals surface area contributed by atoms with Gasteiger partial charge < -0.3 is 29.0 Å². The fourth-order valence-corrected chi connectivity index (χ4v) is 7.00. The SMILES string of the molecule is COC(=O)N1c2c(ccc3c2OCO3)C23CCN(CCCC4=CCC12C(O)(C(=O)OC)C4)C3=O. The number of nitrogens with zero attached hydrogens (tertiary/aromatic N) is 2. The average molecular weight is 470 g/mol. The van der Waals surface area contributed by atoms with Gasteiger partial charge in [0.2, 0.25) is 12.7 Å². The van der Waals surface area contributed by atoms with Gasteiger partial charge in [-0.2, -0.15) is 0 Å². The highest BCUT2D eigenvalue weighted by Crippen LogP contribution is 2.67. The smallest absolute Gasteiger partial charge is 0.414 e. The molecule has 3 unspecified atom stereocenters. The molecule has 1 N–H and O–H groups in total. The molecule has 2 spiro atoms. The van der Waals surface area contributed by atoms with Crippen LogP contribution in [0.15, 0.2) is 23.8 Å². The molecule has 0 saturated carbocycles. The molecule has 4 bridgehead atoms. The van der Waals surface area contributed by atoms with Gasteiger partial charge in [0.25, 0.3) is 0 Å². The number of esters is 1. The summed E-state index contributed by atoms with van der Waals surface area (Å²) in [6, 6.07) is 3.46. The van der Waals surface area contributed by atoms with Crippen LogP contribution in [0.25, 0.3) is 0 Å². The predicted molar refractivity (Wildman–Crippen MR) is 117 cm³/mol. The van der Waals surface area contributed by atoms with E-state index in [-0.39, 0.29) is 25.5 Å². The predicted octanol–water partition coefficient (Wildman–Crippen LogP) is 1.63. The Kier molecular flexibility index (Phi) is 4.30. The second-order valence-electron chi connectivity index (χ2n) is 9.51. The third-order valence-electron chi connectivity index (χ3n) is 8.35. The Hall–Kier alpha value is -3.27. The molecule has 2 fully saturated rings. The van der Waals surface area contributed by atoms with Crippen molar-refractivity contribution in [1.29, 1.82) is 0 Å². The minimum atomic E-state index is -2.20. The maximum absolute atomic E-state index is 14.3. The van der Waals surface area contributed by atoms with Crippen LogP contribution in [0, 0.1) is 0 Å². The second kappa shape index (κ2) is 6.88. The summed E-state index contributed by atoms with van der Waals surface area (Å²) in [7, 11) is 2.43. The van der Waals surface area contributed by atoms with Crippen molar-refractivity contribution in [1.82, 2.24) is 4.90 Å². The lowest BCUT2D eigenvalue weighted by molar-refractivity contribution is -0.177. The lowest BCUT2D eigenvalue weighted by Crippen LogP contribution is -2.77. The highest BCUT2D eigenvalue weighted by atomic mass is 16.7. The number of fused-ring (bicyclic) bond motifs is 7. The summed E-state index contributed by atoms with van der Waals surface area (Å²) in [6.45, 7) is 0.949. The van der Waals surface area contributed by atoms with Gasteiger partial charge in [-0.3, -0.25) is 9.69 Å². The molecule has 10 nitrogen and oxygen atoms in total. The van der Waals surface area contributed by atoms with Crippen molar-refractivity contribution in [3.63, 3.8) is 0 Å². The summed E-state index contributed by atoms with van der Waals surface area (Å²) >= 11 is 0. The Morgan fingerprint density at radius 3 is 2.74 bits per heavy atom. The summed E-state index contributed by atoms with van der Waals surface area (Å²) in [5.41, 5.74) is -3.59. The van der Waals surface area contributed by atoms with Gasteiger partial charge in [0.1, 0.15) is 11.0 Å². The van der Waals surface area contributed by atoms with Crippen molar-refractivity contribution in [3.05, 3.63) is 29.3 Å². The van der Waals surface area contributed by atoms with Crippen molar-refractivity contribution in [3.8, 4) is 11.5 Å². The topological polar surface area (TPSA) is 115 Å². The summed E-state index contributed by atoms with van der Waals surface area (Å²) in [5, 5.41) is 12.4. The average Bonchev–Trinajstić information content (AvgIpc) is 3.50. The van der Waals surface area contributed by atoms with Crippen molar-refractivity contribution in [2.75, 3.05) is 39.0 Å². The molecule has 34 heavy (non-hydrogen) atoms. The Bertz CT molecular complexity index is 1160. The van der Waals surface area contributed by atoms with Crippen LogP contribution in [0.2, 0.25) is 0 Å². The van der Waals surface area contributed by atoms with E-state index in [1.54, 1.807) is 17.0 Å². The van der Waals surface area contributed by atoms with E-state index >= 15 is 0 Å². The van der Waals surface area contributed by atoms with Gasteiger partial charge in [0.05, 0.1) is 19.9 Å². The fraction of sp³-hybridized carbons (Fsp3) is 0.542. The molecule has 0 radical (unpaired) electrons. The van der Waals surface area contributed by atoms with Crippen LogP contribution in [0.5, 0.6) is 11.5 Å². The summed E-state index contributed by atoms with van der Waals surface area (Å²) in [4.78, 5) is 44.4. The minimum Gasteiger partial charge on any atom is -0.467 e. The molecule has 7 rings (SSSR count). The van der Waals surface area contributed by atoms with Gasteiger partial charge in [-0.25, -0.2) is 9.59 Å². The van der Waals surface area contributed by atoms with E-state index in [9.17, 15) is 19.5 Å². The monoisotopic (exact) mass is 470 g/mol.